The van der Waals surface area contributed by atoms with Crippen LogP contribution in [0.1, 0.15) is 16.1 Å². The van der Waals surface area contributed by atoms with Gasteiger partial charge in [-0.05, 0) is 18.2 Å². The minimum Gasteiger partial charge on any atom is -0.464 e. The molecule has 7 heteroatoms. The van der Waals surface area contributed by atoms with Crippen molar-refractivity contribution in [3.05, 3.63) is 40.7 Å². The zero-order valence-corrected chi connectivity index (χ0v) is 10.7. The van der Waals surface area contributed by atoms with Gasteiger partial charge in [-0.1, -0.05) is 11.6 Å². The smallest absolute Gasteiger partial charge is 0.360 e. The molecule has 0 aliphatic heterocycles. The van der Waals surface area contributed by atoms with Crippen LogP contribution in [-0.2, 0) is 4.74 Å². The molecule has 2 aromatic rings. The first-order valence-corrected chi connectivity index (χ1v) is 5.58. The van der Waals surface area contributed by atoms with Gasteiger partial charge in [0, 0.05) is 0 Å². The molecule has 6 nitrogen and oxygen atoms in total. The molecule has 1 aromatic carbocycles. The Kier molecular flexibility index (Phi) is 3.40. The second-order valence-electron chi connectivity index (χ2n) is 3.65. The van der Waals surface area contributed by atoms with Crippen LogP contribution in [-0.4, -0.2) is 22.9 Å². The molecule has 0 amide bonds. The van der Waals surface area contributed by atoms with Gasteiger partial charge in [0.1, 0.15) is 6.07 Å². The molecule has 1 heterocycles. The van der Waals surface area contributed by atoms with Crippen molar-refractivity contribution in [1.82, 2.24) is 9.78 Å². The number of hydrogen-bond donors (Lipinski definition) is 1. The molecule has 19 heavy (non-hydrogen) atoms. The van der Waals surface area contributed by atoms with E-state index in [9.17, 15) is 4.79 Å². The SMILES string of the molecule is COC(=O)c1nn(-c2ccc(C#N)c(Cl)c2)cc1N. The number of aromatic nitrogens is 2. The molecule has 1 aromatic heterocycles. The lowest BCUT2D eigenvalue weighted by Crippen LogP contribution is -2.06. The maximum absolute atomic E-state index is 11.4. The average Bonchev–Trinajstić information content (AvgIpc) is 2.80. The first-order chi connectivity index (χ1) is 9.06. The molecule has 96 valence electrons. The number of ether oxygens (including phenoxy) is 1. The highest BCUT2D eigenvalue weighted by Crippen LogP contribution is 2.21. The zero-order chi connectivity index (χ0) is 14.0. The largest absolute Gasteiger partial charge is 0.464 e. The molecular formula is C12H9ClN4O2. The molecule has 0 fully saturated rings. The molecule has 2 N–H and O–H groups in total. The Bertz CT molecular complexity index is 688. The molecule has 0 saturated heterocycles. The fourth-order valence-corrected chi connectivity index (χ4v) is 1.73. The second-order valence-corrected chi connectivity index (χ2v) is 4.05. The Morgan fingerprint density at radius 3 is 2.89 bits per heavy atom. The molecule has 0 radical (unpaired) electrons. The first-order valence-electron chi connectivity index (χ1n) is 5.20. The van der Waals surface area contributed by atoms with Crippen LogP contribution < -0.4 is 5.73 Å². The van der Waals surface area contributed by atoms with Gasteiger partial charge in [0.2, 0.25) is 0 Å². The van der Waals surface area contributed by atoms with Crippen molar-refractivity contribution < 1.29 is 9.53 Å². The van der Waals surface area contributed by atoms with Gasteiger partial charge in [0.05, 0.1) is 35.3 Å². The molecule has 0 aliphatic carbocycles. The fraction of sp³-hybridized carbons (Fsp3) is 0.0833. The summed E-state index contributed by atoms with van der Waals surface area (Å²) in [7, 11) is 1.25. The number of carbonyl (C=O) groups excluding carboxylic acids is 1. The minimum atomic E-state index is -0.615. The Morgan fingerprint density at radius 1 is 1.58 bits per heavy atom. The highest BCUT2D eigenvalue weighted by atomic mass is 35.5. The summed E-state index contributed by atoms with van der Waals surface area (Å²) in [6, 6.07) is 6.73. The number of nitrogens with two attached hydrogens (primary N) is 1. The van der Waals surface area contributed by atoms with Crippen LogP contribution >= 0.6 is 11.6 Å². The number of anilines is 1. The van der Waals surface area contributed by atoms with Crippen molar-refractivity contribution >= 4 is 23.3 Å². The third-order valence-corrected chi connectivity index (χ3v) is 2.77. The summed E-state index contributed by atoms with van der Waals surface area (Å²) < 4.78 is 5.96. The van der Waals surface area contributed by atoms with Gasteiger partial charge in [0.15, 0.2) is 5.69 Å². The molecule has 0 spiro atoms. The van der Waals surface area contributed by atoms with E-state index >= 15 is 0 Å². The number of hydrogen-bond acceptors (Lipinski definition) is 5. The monoisotopic (exact) mass is 276 g/mol. The molecule has 0 aliphatic rings. The molecule has 0 saturated carbocycles. The molecular weight excluding hydrogens is 268 g/mol. The van der Waals surface area contributed by atoms with Gasteiger partial charge in [0.25, 0.3) is 0 Å². The normalized spacial score (nSPS) is 9.95. The van der Waals surface area contributed by atoms with Crippen LogP contribution in [0.3, 0.4) is 0 Å². The summed E-state index contributed by atoms with van der Waals surface area (Å²) in [6.45, 7) is 0. The summed E-state index contributed by atoms with van der Waals surface area (Å²) in [6.07, 6.45) is 1.48. The van der Waals surface area contributed by atoms with Gasteiger partial charge < -0.3 is 10.5 Å². The number of benzene rings is 1. The van der Waals surface area contributed by atoms with E-state index in [1.807, 2.05) is 6.07 Å². The molecule has 0 unspecified atom stereocenters. The van der Waals surface area contributed by atoms with Crippen LogP contribution in [0.4, 0.5) is 5.69 Å². The van der Waals surface area contributed by atoms with Crippen molar-refractivity contribution in [2.75, 3.05) is 12.8 Å². The fourth-order valence-electron chi connectivity index (χ4n) is 1.51. The number of halogens is 1. The number of rotatable bonds is 2. The zero-order valence-electron chi connectivity index (χ0n) is 9.92. The standard InChI is InChI=1S/C12H9ClN4O2/c1-19-12(18)11-10(15)6-17(16-11)8-3-2-7(5-14)9(13)4-8/h2-4,6H,15H2,1H3. The maximum Gasteiger partial charge on any atom is 0.360 e. The summed E-state index contributed by atoms with van der Waals surface area (Å²) in [5, 5.41) is 13.1. The summed E-state index contributed by atoms with van der Waals surface area (Å²) in [5.41, 5.74) is 6.86. The van der Waals surface area contributed by atoms with E-state index < -0.39 is 5.97 Å². The Labute approximate surface area is 114 Å². The van der Waals surface area contributed by atoms with Crippen LogP contribution in [0.15, 0.2) is 24.4 Å². The summed E-state index contributed by atoms with van der Waals surface area (Å²) in [4.78, 5) is 11.4. The van der Waals surface area contributed by atoms with Gasteiger partial charge in [-0.3, -0.25) is 0 Å². The number of nitrogen functional groups attached to an aromatic ring is 1. The van der Waals surface area contributed by atoms with E-state index in [0.717, 1.165) is 0 Å². The van der Waals surface area contributed by atoms with E-state index in [4.69, 9.17) is 22.6 Å². The molecule has 0 atom stereocenters. The highest BCUT2D eigenvalue weighted by Gasteiger charge is 2.16. The Balaban J connectivity index is 2.46. The second kappa shape index (κ2) is 5.00. The van der Waals surface area contributed by atoms with Crippen LogP contribution in [0, 0.1) is 11.3 Å². The summed E-state index contributed by atoms with van der Waals surface area (Å²) in [5.74, 6) is -0.615. The predicted molar refractivity (Wildman–Crippen MR) is 69.0 cm³/mol. The molecule has 2 rings (SSSR count). The van der Waals surface area contributed by atoms with Crippen molar-refractivity contribution in [2.24, 2.45) is 0 Å². The van der Waals surface area contributed by atoms with Crippen molar-refractivity contribution in [3.8, 4) is 11.8 Å². The Hall–Kier alpha value is -2.52. The average molecular weight is 277 g/mol. The third kappa shape index (κ3) is 2.37. The molecule has 0 bridgehead atoms. The van der Waals surface area contributed by atoms with Crippen LogP contribution in [0.2, 0.25) is 5.02 Å². The lowest BCUT2D eigenvalue weighted by Gasteiger charge is -2.02. The maximum atomic E-state index is 11.4. The number of nitriles is 1. The summed E-state index contributed by atoms with van der Waals surface area (Å²) >= 11 is 5.93. The highest BCUT2D eigenvalue weighted by molar-refractivity contribution is 6.31. The topological polar surface area (TPSA) is 93.9 Å². The lowest BCUT2D eigenvalue weighted by atomic mass is 10.2. The van der Waals surface area contributed by atoms with Gasteiger partial charge in [-0.15, -0.1) is 0 Å². The van der Waals surface area contributed by atoms with Crippen LogP contribution in [0.5, 0.6) is 0 Å². The van der Waals surface area contributed by atoms with Gasteiger partial charge >= 0.3 is 5.97 Å². The van der Waals surface area contributed by atoms with Crippen LogP contribution in [0.25, 0.3) is 5.69 Å². The van der Waals surface area contributed by atoms with E-state index in [-0.39, 0.29) is 11.4 Å². The number of methoxy groups -OCH3 is 1. The number of esters is 1. The minimum absolute atomic E-state index is 0.0305. The van der Waals surface area contributed by atoms with E-state index in [0.29, 0.717) is 16.3 Å². The quantitative estimate of drug-likeness (QED) is 0.844. The first kappa shape index (κ1) is 12.9. The van der Waals surface area contributed by atoms with Gasteiger partial charge in [-0.2, -0.15) is 10.4 Å². The van der Waals surface area contributed by atoms with Crippen molar-refractivity contribution in [3.63, 3.8) is 0 Å². The predicted octanol–water partition coefficient (Wildman–Crippen LogP) is 1.77. The number of nitrogens with zero attached hydrogens (tertiary/aromatic N) is 3. The third-order valence-electron chi connectivity index (χ3n) is 2.46. The van der Waals surface area contributed by atoms with E-state index in [1.54, 1.807) is 18.2 Å². The number of carbonyl (C=O) groups is 1. The van der Waals surface area contributed by atoms with E-state index in [1.165, 1.54) is 18.0 Å². The van der Waals surface area contributed by atoms with Crippen molar-refractivity contribution in [1.29, 1.82) is 5.26 Å². The lowest BCUT2D eigenvalue weighted by molar-refractivity contribution is 0.0594. The van der Waals surface area contributed by atoms with Crippen molar-refractivity contribution in [2.45, 2.75) is 0 Å². The Morgan fingerprint density at radius 2 is 2.32 bits per heavy atom. The van der Waals surface area contributed by atoms with Gasteiger partial charge in [-0.25, -0.2) is 9.48 Å². The van der Waals surface area contributed by atoms with E-state index in [2.05, 4.69) is 9.84 Å².